The van der Waals surface area contributed by atoms with Crippen LogP contribution in [-0.4, -0.2) is 17.6 Å². The Morgan fingerprint density at radius 2 is 2.29 bits per heavy atom. The molecule has 0 radical (unpaired) electrons. The second-order valence-corrected chi connectivity index (χ2v) is 5.18. The average molecular weight is 303 g/mol. The molecule has 1 atom stereocenters. The van der Waals surface area contributed by atoms with Crippen molar-refractivity contribution in [3.8, 4) is 11.8 Å². The number of amides is 1. The highest BCUT2D eigenvalue weighted by molar-refractivity contribution is 7.07. The zero-order valence-electron chi connectivity index (χ0n) is 11.4. The van der Waals surface area contributed by atoms with Gasteiger partial charge in [-0.05, 0) is 47.5 Å². The van der Waals surface area contributed by atoms with E-state index >= 15 is 0 Å². The summed E-state index contributed by atoms with van der Waals surface area (Å²) in [6.07, 6.45) is 0. The summed E-state index contributed by atoms with van der Waals surface area (Å²) in [5, 5.41) is 15.4. The predicted octanol–water partition coefficient (Wildman–Crippen LogP) is 2.72. The van der Waals surface area contributed by atoms with Crippen molar-refractivity contribution in [3.63, 3.8) is 0 Å². The van der Waals surface area contributed by atoms with Crippen LogP contribution in [0.3, 0.4) is 0 Å². The maximum Gasteiger partial charge on any atom is 0.253 e. The molecule has 5 heteroatoms. The third-order valence-corrected chi connectivity index (χ3v) is 3.62. The molecule has 0 spiro atoms. The van der Waals surface area contributed by atoms with Gasteiger partial charge in [-0.25, -0.2) is 4.39 Å². The van der Waals surface area contributed by atoms with Crippen molar-refractivity contribution >= 4 is 17.2 Å². The number of nitrogens with one attached hydrogen (secondary N) is 1. The summed E-state index contributed by atoms with van der Waals surface area (Å²) in [6, 6.07) is 5.57. The van der Waals surface area contributed by atoms with E-state index in [1.54, 1.807) is 11.3 Å². The number of rotatable bonds is 3. The van der Waals surface area contributed by atoms with Gasteiger partial charge in [-0.1, -0.05) is 11.8 Å². The number of hydrogen-bond donors (Lipinski definition) is 2. The molecule has 1 amide bonds. The van der Waals surface area contributed by atoms with E-state index in [0.29, 0.717) is 5.56 Å². The minimum atomic E-state index is -0.502. The fraction of sp³-hybridized carbons (Fsp3) is 0.188. The van der Waals surface area contributed by atoms with E-state index in [1.165, 1.54) is 12.1 Å². The Morgan fingerprint density at radius 3 is 2.95 bits per heavy atom. The number of halogens is 1. The molecule has 3 nitrogen and oxygen atoms in total. The first-order chi connectivity index (χ1) is 10.1. The predicted molar refractivity (Wildman–Crippen MR) is 80.6 cm³/mol. The molecule has 0 saturated carbocycles. The Kier molecular flexibility index (Phi) is 5.09. The standard InChI is InChI=1S/C16H14FNO2S/c1-11(13-6-8-21-10-13)18-16(20)15-9-14(17)5-4-12(15)3-2-7-19/h4-6,8-11,19H,7H2,1H3,(H,18,20). The van der Waals surface area contributed by atoms with Gasteiger partial charge in [0, 0.05) is 5.56 Å². The number of thiophene rings is 1. The van der Waals surface area contributed by atoms with Crippen molar-refractivity contribution in [2.45, 2.75) is 13.0 Å². The first-order valence-corrected chi connectivity index (χ1v) is 7.28. The molecule has 2 aromatic rings. The van der Waals surface area contributed by atoms with Crippen LogP contribution in [0.15, 0.2) is 35.0 Å². The number of aliphatic hydroxyl groups is 1. The van der Waals surface area contributed by atoms with Crippen molar-refractivity contribution in [1.82, 2.24) is 5.32 Å². The molecule has 2 N–H and O–H groups in total. The van der Waals surface area contributed by atoms with E-state index in [0.717, 1.165) is 11.6 Å². The Hall–Kier alpha value is -2.16. The van der Waals surface area contributed by atoms with Crippen LogP contribution in [0.5, 0.6) is 0 Å². The fourth-order valence-corrected chi connectivity index (χ4v) is 2.58. The van der Waals surface area contributed by atoms with E-state index in [1.807, 2.05) is 23.8 Å². The summed E-state index contributed by atoms with van der Waals surface area (Å²) < 4.78 is 13.4. The second kappa shape index (κ2) is 7.02. The van der Waals surface area contributed by atoms with Gasteiger partial charge < -0.3 is 10.4 Å². The van der Waals surface area contributed by atoms with Gasteiger partial charge in [0.2, 0.25) is 0 Å². The largest absolute Gasteiger partial charge is 0.384 e. The normalized spacial score (nSPS) is 11.4. The number of carbonyl (C=O) groups is 1. The molecule has 108 valence electrons. The van der Waals surface area contributed by atoms with Crippen molar-refractivity contribution in [3.05, 3.63) is 57.5 Å². The van der Waals surface area contributed by atoms with Gasteiger partial charge in [-0.3, -0.25) is 4.79 Å². The van der Waals surface area contributed by atoms with Crippen LogP contribution in [0.2, 0.25) is 0 Å². The quantitative estimate of drug-likeness (QED) is 0.857. The molecule has 0 aliphatic rings. The summed E-state index contributed by atoms with van der Waals surface area (Å²) in [5.74, 6) is 4.22. The van der Waals surface area contributed by atoms with Crippen LogP contribution >= 0.6 is 11.3 Å². The Labute approximate surface area is 126 Å². The smallest absolute Gasteiger partial charge is 0.253 e. The van der Waals surface area contributed by atoms with Crippen molar-refractivity contribution in [2.75, 3.05) is 6.61 Å². The van der Waals surface area contributed by atoms with Crippen molar-refractivity contribution in [1.29, 1.82) is 0 Å². The van der Waals surface area contributed by atoms with E-state index < -0.39 is 11.7 Å². The second-order valence-electron chi connectivity index (χ2n) is 4.40. The number of carbonyl (C=O) groups excluding carboxylic acids is 1. The zero-order chi connectivity index (χ0) is 15.2. The molecule has 0 saturated heterocycles. The van der Waals surface area contributed by atoms with Gasteiger partial charge in [-0.15, -0.1) is 0 Å². The summed E-state index contributed by atoms with van der Waals surface area (Å²) in [7, 11) is 0. The van der Waals surface area contributed by atoms with E-state index in [4.69, 9.17) is 5.11 Å². The maximum absolute atomic E-state index is 13.4. The van der Waals surface area contributed by atoms with Crippen molar-refractivity contribution < 1.29 is 14.3 Å². The summed E-state index contributed by atoms with van der Waals surface area (Å²) >= 11 is 1.55. The van der Waals surface area contributed by atoms with Gasteiger partial charge in [0.05, 0.1) is 11.6 Å². The first-order valence-electron chi connectivity index (χ1n) is 6.34. The molecule has 0 aliphatic heterocycles. The van der Waals surface area contributed by atoms with E-state index in [9.17, 15) is 9.18 Å². The lowest BCUT2D eigenvalue weighted by molar-refractivity contribution is 0.0939. The lowest BCUT2D eigenvalue weighted by Crippen LogP contribution is -2.27. The number of hydrogen-bond acceptors (Lipinski definition) is 3. The zero-order valence-corrected chi connectivity index (χ0v) is 12.2. The van der Waals surface area contributed by atoms with Gasteiger partial charge in [0.25, 0.3) is 5.91 Å². The molecule has 1 unspecified atom stereocenters. The van der Waals surface area contributed by atoms with Crippen LogP contribution in [0.1, 0.15) is 34.5 Å². The van der Waals surface area contributed by atoms with Crippen LogP contribution in [0.4, 0.5) is 4.39 Å². The van der Waals surface area contributed by atoms with Gasteiger partial charge in [-0.2, -0.15) is 11.3 Å². The summed E-state index contributed by atoms with van der Waals surface area (Å²) in [5.41, 5.74) is 1.55. The molecular weight excluding hydrogens is 289 g/mol. The SMILES string of the molecule is CC(NC(=O)c1cc(F)ccc1C#CCO)c1ccsc1. The first kappa shape index (κ1) is 15.2. The maximum atomic E-state index is 13.4. The lowest BCUT2D eigenvalue weighted by atomic mass is 10.1. The molecule has 1 aromatic heterocycles. The van der Waals surface area contributed by atoms with Crippen molar-refractivity contribution in [2.24, 2.45) is 0 Å². The summed E-state index contributed by atoms with van der Waals surface area (Å²) in [4.78, 5) is 12.3. The minimum Gasteiger partial charge on any atom is -0.384 e. The monoisotopic (exact) mass is 303 g/mol. The highest BCUT2D eigenvalue weighted by atomic mass is 32.1. The van der Waals surface area contributed by atoms with Crippen LogP contribution in [0.25, 0.3) is 0 Å². The topological polar surface area (TPSA) is 49.3 Å². The Morgan fingerprint density at radius 1 is 1.48 bits per heavy atom. The Bertz CT molecular complexity index is 686. The number of benzene rings is 1. The highest BCUT2D eigenvalue weighted by Crippen LogP contribution is 2.17. The van der Waals surface area contributed by atoms with Crippen LogP contribution in [-0.2, 0) is 0 Å². The van der Waals surface area contributed by atoms with Gasteiger partial charge in [0.1, 0.15) is 12.4 Å². The highest BCUT2D eigenvalue weighted by Gasteiger charge is 2.15. The number of aliphatic hydroxyl groups excluding tert-OH is 1. The van der Waals surface area contributed by atoms with Gasteiger partial charge in [0.15, 0.2) is 0 Å². The third kappa shape index (κ3) is 3.91. The van der Waals surface area contributed by atoms with E-state index in [2.05, 4.69) is 17.2 Å². The lowest BCUT2D eigenvalue weighted by Gasteiger charge is -2.13. The molecule has 0 aliphatic carbocycles. The van der Waals surface area contributed by atoms with Crippen LogP contribution in [0, 0.1) is 17.7 Å². The molecule has 2 rings (SSSR count). The minimum absolute atomic E-state index is 0.165. The summed E-state index contributed by atoms with van der Waals surface area (Å²) in [6.45, 7) is 1.54. The molecule has 1 aromatic carbocycles. The van der Waals surface area contributed by atoms with Crippen LogP contribution < -0.4 is 5.32 Å². The molecule has 0 fully saturated rings. The molecule has 21 heavy (non-hydrogen) atoms. The fourth-order valence-electron chi connectivity index (χ4n) is 1.83. The molecule has 1 heterocycles. The molecular formula is C16H14FNO2S. The third-order valence-electron chi connectivity index (χ3n) is 2.92. The van der Waals surface area contributed by atoms with E-state index in [-0.39, 0.29) is 18.2 Å². The molecule has 0 bridgehead atoms. The Balaban J connectivity index is 2.24. The van der Waals surface area contributed by atoms with Gasteiger partial charge >= 0.3 is 0 Å². The average Bonchev–Trinajstić information content (AvgIpc) is 3.00.